The van der Waals surface area contributed by atoms with E-state index in [-0.39, 0.29) is 12.1 Å². The molecule has 0 amide bonds. The van der Waals surface area contributed by atoms with E-state index in [1.54, 1.807) is 0 Å². The van der Waals surface area contributed by atoms with Crippen LogP contribution >= 0.6 is 0 Å². The number of aryl methyl sites for hydroxylation is 1. The minimum atomic E-state index is 0.194. The van der Waals surface area contributed by atoms with Crippen LogP contribution in [-0.4, -0.2) is 26.9 Å². The Hall–Kier alpha value is -0.940. The molecule has 84 valence electrons. The van der Waals surface area contributed by atoms with Crippen LogP contribution in [0.1, 0.15) is 30.9 Å². The van der Waals surface area contributed by atoms with Crippen molar-refractivity contribution in [1.82, 2.24) is 14.8 Å². The zero-order valence-corrected chi connectivity index (χ0v) is 9.31. The first-order chi connectivity index (χ1) is 7.18. The number of nitrogens with two attached hydrogens (primary N) is 1. The molecule has 0 radical (unpaired) electrons. The smallest absolute Gasteiger partial charge is 0.158 e. The molecule has 0 bridgehead atoms. The van der Waals surface area contributed by atoms with Gasteiger partial charge in [-0.1, -0.05) is 0 Å². The van der Waals surface area contributed by atoms with E-state index in [1.807, 2.05) is 18.5 Å². The Morgan fingerprint density at radius 1 is 1.47 bits per heavy atom. The summed E-state index contributed by atoms with van der Waals surface area (Å²) in [6, 6.07) is 0.194. The summed E-state index contributed by atoms with van der Waals surface area (Å²) >= 11 is 0. The van der Waals surface area contributed by atoms with Crippen LogP contribution in [-0.2, 0) is 18.4 Å². The van der Waals surface area contributed by atoms with Crippen molar-refractivity contribution >= 4 is 0 Å². The highest BCUT2D eigenvalue weighted by atomic mass is 16.5. The van der Waals surface area contributed by atoms with Crippen molar-refractivity contribution in [2.24, 2.45) is 12.8 Å². The second-order valence-electron chi connectivity index (χ2n) is 4.17. The van der Waals surface area contributed by atoms with E-state index >= 15 is 0 Å². The molecule has 2 atom stereocenters. The van der Waals surface area contributed by atoms with Gasteiger partial charge in [0.05, 0.1) is 6.10 Å². The van der Waals surface area contributed by atoms with Crippen molar-refractivity contribution in [1.29, 1.82) is 0 Å². The first kappa shape index (κ1) is 10.6. The molecule has 2 N–H and O–H groups in total. The van der Waals surface area contributed by atoms with Gasteiger partial charge in [0.2, 0.25) is 0 Å². The van der Waals surface area contributed by atoms with Gasteiger partial charge in [0, 0.05) is 13.1 Å². The van der Waals surface area contributed by atoms with Gasteiger partial charge in [-0.25, -0.2) is 0 Å². The predicted octanol–water partition coefficient (Wildman–Crippen LogP) is 0.520. The Balaban J connectivity index is 1.90. The number of hydrogen-bond acceptors (Lipinski definition) is 4. The maximum atomic E-state index is 5.92. The molecule has 1 heterocycles. The van der Waals surface area contributed by atoms with E-state index in [1.165, 1.54) is 6.42 Å². The van der Waals surface area contributed by atoms with Crippen molar-refractivity contribution in [3.63, 3.8) is 0 Å². The van der Waals surface area contributed by atoms with E-state index in [4.69, 9.17) is 10.5 Å². The Morgan fingerprint density at radius 2 is 2.27 bits per heavy atom. The number of aromatic nitrogens is 3. The first-order valence-corrected chi connectivity index (χ1v) is 5.40. The average molecular weight is 210 g/mol. The van der Waals surface area contributed by atoms with Gasteiger partial charge in [0.25, 0.3) is 0 Å². The summed E-state index contributed by atoms with van der Waals surface area (Å²) in [5.74, 6) is 1.77. The Kier molecular flexibility index (Phi) is 3.02. The molecule has 1 saturated carbocycles. The van der Waals surface area contributed by atoms with Crippen LogP contribution < -0.4 is 5.73 Å². The van der Waals surface area contributed by atoms with Gasteiger partial charge in [-0.05, 0) is 26.2 Å². The molecule has 2 unspecified atom stereocenters. The van der Waals surface area contributed by atoms with Crippen molar-refractivity contribution in [3.8, 4) is 0 Å². The van der Waals surface area contributed by atoms with Gasteiger partial charge in [-0.3, -0.25) is 0 Å². The minimum absolute atomic E-state index is 0.194. The zero-order valence-electron chi connectivity index (χ0n) is 9.31. The summed E-state index contributed by atoms with van der Waals surface area (Å²) < 4.78 is 7.69. The zero-order chi connectivity index (χ0) is 10.8. The lowest BCUT2D eigenvalue weighted by molar-refractivity contribution is 0.0306. The fourth-order valence-electron chi connectivity index (χ4n) is 1.92. The molecule has 1 fully saturated rings. The lowest BCUT2D eigenvalue weighted by Gasteiger charge is -2.15. The maximum Gasteiger partial charge on any atom is 0.158 e. The van der Waals surface area contributed by atoms with E-state index in [0.29, 0.717) is 6.61 Å². The molecule has 1 aromatic heterocycles. The number of nitrogens with zero attached hydrogens (tertiary/aromatic N) is 3. The van der Waals surface area contributed by atoms with Crippen LogP contribution in [0.4, 0.5) is 0 Å². The largest absolute Gasteiger partial charge is 0.369 e. The molecule has 5 heteroatoms. The lowest BCUT2D eigenvalue weighted by Crippen LogP contribution is -2.31. The van der Waals surface area contributed by atoms with Gasteiger partial charge in [-0.2, -0.15) is 0 Å². The second-order valence-corrected chi connectivity index (χ2v) is 4.17. The predicted molar refractivity (Wildman–Crippen MR) is 56.1 cm³/mol. The quantitative estimate of drug-likeness (QED) is 0.790. The fraction of sp³-hybridized carbons (Fsp3) is 0.800. The maximum absolute atomic E-state index is 5.92. The summed E-state index contributed by atoms with van der Waals surface area (Å²) in [4.78, 5) is 0. The summed E-state index contributed by atoms with van der Waals surface area (Å²) in [6.45, 7) is 2.44. The molecule has 1 aliphatic rings. The number of ether oxygens (including phenoxy) is 1. The molecule has 1 aliphatic carbocycles. The van der Waals surface area contributed by atoms with Crippen molar-refractivity contribution in [2.75, 3.05) is 0 Å². The Labute approximate surface area is 89.6 Å². The molecular formula is C10H18N4O. The highest BCUT2D eigenvalue weighted by molar-refractivity contribution is 4.91. The van der Waals surface area contributed by atoms with Crippen molar-refractivity contribution < 1.29 is 4.74 Å². The highest BCUT2D eigenvalue weighted by Crippen LogP contribution is 2.21. The number of hydrogen-bond donors (Lipinski definition) is 1. The van der Waals surface area contributed by atoms with E-state index in [9.17, 15) is 0 Å². The van der Waals surface area contributed by atoms with Gasteiger partial charge in [-0.15, -0.1) is 10.2 Å². The van der Waals surface area contributed by atoms with Crippen molar-refractivity contribution in [3.05, 3.63) is 11.6 Å². The molecule has 15 heavy (non-hydrogen) atoms. The summed E-state index contributed by atoms with van der Waals surface area (Å²) in [5, 5.41) is 8.03. The van der Waals surface area contributed by atoms with Crippen LogP contribution in [0.2, 0.25) is 0 Å². The summed E-state index contributed by atoms with van der Waals surface area (Å²) in [7, 11) is 1.95. The first-order valence-electron chi connectivity index (χ1n) is 5.40. The molecule has 2 rings (SSSR count). The molecule has 0 aliphatic heterocycles. The SMILES string of the molecule is Cc1nnc(COC2CCCC2N)n1C. The van der Waals surface area contributed by atoms with Gasteiger partial charge >= 0.3 is 0 Å². The molecule has 0 saturated heterocycles. The summed E-state index contributed by atoms with van der Waals surface area (Å²) in [5.41, 5.74) is 5.92. The molecule has 0 aromatic carbocycles. The third kappa shape index (κ3) is 2.18. The van der Waals surface area contributed by atoms with E-state index in [2.05, 4.69) is 10.2 Å². The third-order valence-corrected chi connectivity index (χ3v) is 3.11. The fourth-order valence-corrected chi connectivity index (χ4v) is 1.92. The van der Waals surface area contributed by atoms with Gasteiger partial charge < -0.3 is 15.0 Å². The van der Waals surface area contributed by atoms with Crippen molar-refractivity contribution in [2.45, 2.75) is 44.9 Å². The van der Waals surface area contributed by atoms with Gasteiger partial charge in [0.15, 0.2) is 5.82 Å². The van der Waals surface area contributed by atoms with Crippen LogP contribution in [0, 0.1) is 6.92 Å². The minimum Gasteiger partial charge on any atom is -0.369 e. The third-order valence-electron chi connectivity index (χ3n) is 3.11. The summed E-state index contributed by atoms with van der Waals surface area (Å²) in [6.07, 6.45) is 3.51. The molecule has 5 nitrogen and oxygen atoms in total. The van der Waals surface area contributed by atoms with Crippen LogP contribution in [0.3, 0.4) is 0 Å². The molecular weight excluding hydrogens is 192 g/mol. The monoisotopic (exact) mass is 210 g/mol. The highest BCUT2D eigenvalue weighted by Gasteiger charge is 2.24. The lowest BCUT2D eigenvalue weighted by atomic mass is 10.2. The van der Waals surface area contributed by atoms with Gasteiger partial charge in [0.1, 0.15) is 12.4 Å². The Morgan fingerprint density at radius 3 is 2.80 bits per heavy atom. The number of rotatable bonds is 3. The standard InChI is InChI=1S/C10H18N4O/c1-7-12-13-10(14(7)2)6-15-9-5-3-4-8(9)11/h8-9H,3-6,11H2,1-2H3. The topological polar surface area (TPSA) is 66.0 Å². The average Bonchev–Trinajstić information content (AvgIpc) is 2.74. The van der Waals surface area contributed by atoms with Crippen LogP contribution in [0.15, 0.2) is 0 Å². The van der Waals surface area contributed by atoms with Crippen LogP contribution in [0.25, 0.3) is 0 Å². The molecule has 0 spiro atoms. The van der Waals surface area contributed by atoms with E-state index < -0.39 is 0 Å². The van der Waals surface area contributed by atoms with E-state index in [0.717, 1.165) is 24.5 Å². The second kappa shape index (κ2) is 4.28. The normalized spacial score (nSPS) is 26.1. The van der Waals surface area contributed by atoms with Crippen LogP contribution in [0.5, 0.6) is 0 Å². The Bertz CT molecular complexity index is 336. The molecule has 1 aromatic rings.